The minimum Gasteiger partial charge on any atom is -0.485 e. The number of ether oxygens (including phenoxy) is 1. The van der Waals surface area contributed by atoms with Crippen LogP contribution in [-0.2, 0) is 11.4 Å². The van der Waals surface area contributed by atoms with Gasteiger partial charge in [-0.25, -0.2) is 0 Å². The van der Waals surface area contributed by atoms with Gasteiger partial charge in [0.1, 0.15) is 5.75 Å². The van der Waals surface area contributed by atoms with E-state index in [0.717, 1.165) is 0 Å². The lowest BCUT2D eigenvalue weighted by Gasteiger charge is -2.18. The molecule has 0 aliphatic heterocycles. The first-order valence-corrected chi connectivity index (χ1v) is 7.42. The second kappa shape index (κ2) is 7.58. The highest BCUT2D eigenvalue weighted by atomic mass is 16.5. The Bertz CT molecular complexity index is 728. The minimum atomic E-state index is -0.963. The maximum absolute atomic E-state index is 12.2. The van der Waals surface area contributed by atoms with E-state index >= 15 is 0 Å². The van der Waals surface area contributed by atoms with Gasteiger partial charge in [-0.05, 0) is 32.0 Å². The molecule has 0 aliphatic rings. The van der Waals surface area contributed by atoms with Crippen molar-refractivity contribution in [1.82, 2.24) is 15.5 Å². The van der Waals surface area contributed by atoms with Crippen molar-refractivity contribution in [3.05, 3.63) is 41.5 Å². The van der Waals surface area contributed by atoms with Crippen LogP contribution in [0.15, 0.2) is 28.8 Å². The second-order valence-corrected chi connectivity index (χ2v) is 5.44. The van der Waals surface area contributed by atoms with Crippen molar-refractivity contribution >= 4 is 11.9 Å². The largest absolute Gasteiger partial charge is 0.485 e. The first-order chi connectivity index (χ1) is 11.4. The Kier molecular flexibility index (Phi) is 5.51. The van der Waals surface area contributed by atoms with Crippen molar-refractivity contribution in [1.29, 1.82) is 0 Å². The number of aromatic nitrogens is 2. The predicted octanol–water partition coefficient (Wildman–Crippen LogP) is 1.80. The maximum Gasteiger partial charge on any atom is 0.308 e. The number of nitrogens with zero attached hydrogens (tertiary/aromatic N) is 2. The Hall–Kier alpha value is -2.90. The molecule has 2 N–H and O–H groups in total. The third-order valence-corrected chi connectivity index (χ3v) is 3.53. The van der Waals surface area contributed by atoms with Crippen molar-refractivity contribution in [2.45, 2.75) is 33.4 Å². The fourth-order valence-corrected chi connectivity index (χ4v) is 1.90. The molecule has 24 heavy (non-hydrogen) atoms. The molecule has 1 aromatic heterocycles. The highest BCUT2D eigenvalue weighted by Gasteiger charge is 2.21. The second-order valence-electron chi connectivity index (χ2n) is 5.44. The summed E-state index contributed by atoms with van der Waals surface area (Å²) in [5.41, 5.74) is 0.376. The van der Waals surface area contributed by atoms with Gasteiger partial charge in [-0.3, -0.25) is 9.59 Å². The first kappa shape index (κ1) is 17.5. The summed E-state index contributed by atoms with van der Waals surface area (Å²) in [6, 6.07) is 6.07. The molecule has 1 amide bonds. The van der Waals surface area contributed by atoms with Crippen molar-refractivity contribution in [3.63, 3.8) is 0 Å². The number of nitrogens with one attached hydrogen (secondary N) is 1. The SMILES string of the molecule is Cc1nc(COc2cccc(C(=O)NC(C)C(C)C(=O)O)c2)no1. The maximum atomic E-state index is 12.2. The van der Waals surface area contributed by atoms with Crippen LogP contribution in [-0.4, -0.2) is 33.2 Å². The Morgan fingerprint density at radius 1 is 1.38 bits per heavy atom. The van der Waals surface area contributed by atoms with Crippen LogP contribution in [0.5, 0.6) is 5.75 Å². The third kappa shape index (κ3) is 4.55. The molecular weight excluding hydrogens is 314 g/mol. The number of carbonyl (C=O) groups is 2. The summed E-state index contributed by atoms with van der Waals surface area (Å²) in [6.45, 7) is 4.99. The van der Waals surface area contributed by atoms with Gasteiger partial charge < -0.3 is 19.7 Å². The normalized spacial score (nSPS) is 13.1. The Labute approximate surface area is 138 Å². The zero-order valence-corrected chi connectivity index (χ0v) is 13.6. The molecule has 8 heteroatoms. The topological polar surface area (TPSA) is 115 Å². The van der Waals surface area contributed by atoms with E-state index < -0.39 is 17.9 Å². The van der Waals surface area contributed by atoms with Gasteiger partial charge in [-0.15, -0.1) is 0 Å². The first-order valence-electron chi connectivity index (χ1n) is 7.42. The summed E-state index contributed by atoms with van der Waals surface area (Å²) in [4.78, 5) is 27.2. The average molecular weight is 333 g/mol. The highest BCUT2D eigenvalue weighted by Crippen LogP contribution is 2.15. The smallest absolute Gasteiger partial charge is 0.308 e. The number of carboxylic acid groups (broad SMARTS) is 1. The number of benzene rings is 1. The summed E-state index contributed by atoms with van der Waals surface area (Å²) < 4.78 is 10.4. The summed E-state index contributed by atoms with van der Waals surface area (Å²) in [5.74, 6) is -0.680. The van der Waals surface area contributed by atoms with Gasteiger partial charge in [0.15, 0.2) is 6.61 Å². The average Bonchev–Trinajstić information content (AvgIpc) is 2.97. The number of aryl methyl sites for hydroxylation is 1. The molecule has 0 bridgehead atoms. The van der Waals surface area contributed by atoms with Gasteiger partial charge >= 0.3 is 5.97 Å². The van der Waals surface area contributed by atoms with Crippen LogP contribution in [0.2, 0.25) is 0 Å². The number of hydrogen-bond donors (Lipinski definition) is 2. The molecule has 0 fully saturated rings. The predicted molar refractivity (Wildman–Crippen MR) is 83.5 cm³/mol. The van der Waals surface area contributed by atoms with Crippen LogP contribution in [0.25, 0.3) is 0 Å². The molecule has 128 valence electrons. The molecule has 2 unspecified atom stereocenters. The van der Waals surface area contributed by atoms with E-state index in [9.17, 15) is 9.59 Å². The van der Waals surface area contributed by atoms with Gasteiger partial charge in [0.25, 0.3) is 5.91 Å². The molecular formula is C16H19N3O5. The van der Waals surface area contributed by atoms with Crippen LogP contribution >= 0.6 is 0 Å². The van der Waals surface area contributed by atoms with Gasteiger partial charge in [0, 0.05) is 18.5 Å². The molecule has 0 spiro atoms. The van der Waals surface area contributed by atoms with E-state index in [1.807, 2.05) is 0 Å². The van der Waals surface area contributed by atoms with E-state index in [1.54, 1.807) is 45.0 Å². The lowest BCUT2D eigenvalue weighted by molar-refractivity contribution is -0.141. The lowest BCUT2D eigenvalue weighted by Crippen LogP contribution is -2.40. The molecule has 1 heterocycles. The molecule has 2 aromatic rings. The van der Waals surface area contributed by atoms with E-state index in [4.69, 9.17) is 14.4 Å². The Morgan fingerprint density at radius 2 is 2.12 bits per heavy atom. The highest BCUT2D eigenvalue weighted by molar-refractivity contribution is 5.95. The van der Waals surface area contributed by atoms with Crippen molar-refractivity contribution in [2.75, 3.05) is 0 Å². The number of rotatable bonds is 7. The van der Waals surface area contributed by atoms with Crippen LogP contribution < -0.4 is 10.1 Å². The van der Waals surface area contributed by atoms with Crippen LogP contribution in [0.3, 0.4) is 0 Å². The standard InChI is InChI=1S/C16H19N3O5/c1-9(16(21)22)10(2)17-15(20)12-5-4-6-13(7-12)23-8-14-18-11(3)24-19-14/h4-7,9-10H,8H2,1-3H3,(H,17,20)(H,21,22). The van der Waals surface area contributed by atoms with E-state index in [-0.39, 0.29) is 12.5 Å². The van der Waals surface area contributed by atoms with Gasteiger partial charge in [0.05, 0.1) is 5.92 Å². The number of hydrogen-bond acceptors (Lipinski definition) is 6. The molecule has 2 atom stereocenters. The fraction of sp³-hybridized carbons (Fsp3) is 0.375. The summed E-state index contributed by atoms with van der Waals surface area (Å²) in [5, 5.41) is 15.4. The van der Waals surface area contributed by atoms with Gasteiger partial charge in [0.2, 0.25) is 11.7 Å². The van der Waals surface area contributed by atoms with E-state index in [1.165, 1.54) is 0 Å². The Morgan fingerprint density at radius 3 is 2.75 bits per heavy atom. The minimum absolute atomic E-state index is 0.120. The zero-order chi connectivity index (χ0) is 17.7. The quantitative estimate of drug-likeness (QED) is 0.794. The number of carbonyl (C=O) groups excluding carboxylic acids is 1. The zero-order valence-electron chi connectivity index (χ0n) is 13.6. The van der Waals surface area contributed by atoms with E-state index in [0.29, 0.717) is 23.0 Å². The molecule has 0 aliphatic carbocycles. The molecule has 2 rings (SSSR count). The third-order valence-electron chi connectivity index (χ3n) is 3.53. The number of aliphatic carboxylic acids is 1. The van der Waals surface area contributed by atoms with Crippen LogP contribution in [0.1, 0.15) is 35.9 Å². The van der Waals surface area contributed by atoms with Crippen LogP contribution in [0.4, 0.5) is 0 Å². The summed E-state index contributed by atoms with van der Waals surface area (Å²) in [6.07, 6.45) is 0. The molecule has 8 nitrogen and oxygen atoms in total. The number of amides is 1. The molecule has 0 radical (unpaired) electrons. The fourth-order valence-electron chi connectivity index (χ4n) is 1.90. The van der Waals surface area contributed by atoms with Crippen molar-refractivity contribution in [3.8, 4) is 5.75 Å². The van der Waals surface area contributed by atoms with E-state index in [2.05, 4.69) is 15.5 Å². The van der Waals surface area contributed by atoms with Gasteiger partial charge in [-0.1, -0.05) is 11.2 Å². The lowest BCUT2D eigenvalue weighted by atomic mass is 10.0. The summed E-state index contributed by atoms with van der Waals surface area (Å²) >= 11 is 0. The molecule has 0 saturated heterocycles. The summed E-state index contributed by atoms with van der Waals surface area (Å²) in [7, 11) is 0. The Balaban J connectivity index is 1.98. The molecule has 1 aromatic carbocycles. The molecule has 0 saturated carbocycles. The van der Waals surface area contributed by atoms with Crippen LogP contribution in [0, 0.1) is 12.8 Å². The van der Waals surface area contributed by atoms with Crippen molar-refractivity contribution < 1.29 is 24.0 Å². The number of carboxylic acids is 1. The van der Waals surface area contributed by atoms with Gasteiger partial charge in [-0.2, -0.15) is 4.98 Å². The monoisotopic (exact) mass is 333 g/mol. The van der Waals surface area contributed by atoms with Crippen molar-refractivity contribution in [2.24, 2.45) is 5.92 Å².